The van der Waals surface area contributed by atoms with E-state index >= 15 is 0 Å². The molecule has 118 valence electrons. The fourth-order valence-corrected chi connectivity index (χ4v) is 3.29. The highest BCUT2D eigenvalue weighted by atomic mass is 14.3. The molecule has 0 heterocycles. The quantitative estimate of drug-likeness (QED) is 0.650. The molecule has 1 heteroatoms. The Morgan fingerprint density at radius 2 is 1.70 bits per heavy atom. The maximum absolute atomic E-state index is 8.90. The first-order valence-corrected chi connectivity index (χ1v) is 8.47. The summed E-state index contributed by atoms with van der Waals surface area (Å²) in [4.78, 5) is 0. The molecule has 0 N–H and O–H groups in total. The fraction of sp³-hybridized carbons (Fsp3) is 0.409. The summed E-state index contributed by atoms with van der Waals surface area (Å²) in [5, 5.41) is 8.90. The molecule has 2 aromatic rings. The molecule has 1 aliphatic carbocycles. The summed E-state index contributed by atoms with van der Waals surface area (Å²) in [7, 11) is 0. The van der Waals surface area contributed by atoms with E-state index in [-0.39, 0.29) is 5.92 Å². The molecule has 2 aromatic carbocycles. The SMILES string of the molecule is [2H][C@@H]1C[C@@H](CCC)CC([2H])([2H])C1c1ccc(-c2ccc(C#N)cc2)cc1. The Morgan fingerprint density at radius 3 is 2.26 bits per heavy atom. The van der Waals surface area contributed by atoms with Gasteiger partial charge in [-0.2, -0.15) is 5.26 Å². The van der Waals surface area contributed by atoms with E-state index < -0.39 is 12.8 Å². The molecule has 0 bridgehead atoms. The van der Waals surface area contributed by atoms with Crippen molar-refractivity contribution in [2.75, 3.05) is 0 Å². The lowest BCUT2D eigenvalue weighted by molar-refractivity contribution is 0.308. The summed E-state index contributed by atoms with van der Waals surface area (Å²) < 4.78 is 25.6. The minimum atomic E-state index is -1.33. The Bertz CT molecular complexity index is 775. The largest absolute Gasteiger partial charge is 0.192 e. The van der Waals surface area contributed by atoms with Gasteiger partial charge in [0.2, 0.25) is 0 Å². The predicted molar refractivity (Wildman–Crippen MR) is 96.2 cm³/mol. The molecule has 1 saturated carbocycles. The highest BCUT2D eigenvalue weighted by Gasteiger charge is 2.21. The molecule has 0 saturated heterocycles. The molecule has 23 heavy (non-hydrogen) atoms. The van der Waals surface area contributed by atoms with Crippen LogP contribution >= 0.6 is 0 Å². The van der Waals surface area contributed by atoms with Crippen molar-refractivity contribution in [2.45, 2.75) is 51.3 Å². The predicted octanol–water partition coefficient (Wildman–Crippen LogP) is 6.30. The second kappa shape index (κ2) is 7.47. The average molecular weight is 306 g/mol. The molecular weight excluding hydrogens is 278 g/mol. The number of hydrogen-bond donors (Lipinski definition) is 0. The fourth-order valence-electron chi connectivity index (χ4n) is 3.29. The molecular formula is C22H25N. The van der Waals surface area contributed by atoms with Crippen LogP contribution in [0.2, 0.25) is 0 Å². The van der Waals surface area contributed by atoms with Crippen LogP contribution in [0.3, 0.4) is 0 Å². The summed E-state index contributed by atoms with van der Waals surface area (Å²) in [5.41, 5.74) is 3.63. The zero-order valence-electron chi connectivity index (χ0n) is 16.6. The Hall–Kier alpha value is -2.07. The average Bonchev–Trinajstić information content (AvgIpc) is 2.61. The molecule has 0 amide bonds. The zero-order valence-corrected chi connectivity index (χ0v) is 13.6. The Labute approximate surface area is 144 Å². The number of rotatable bonds is 4. The van der Waals surface area contributed by atoms with E-state index in [9.17, 15) is 0 Å². The molecule has 1 fully saturated rings. The van der Waals surface area contributed by atoms with Crippen LogP contribution in [0.15, 0.2) is 48.5 Å². The van der Waals surface area contributed by atoms with Gasteiger partial charge >= 0.3 is 0 Å². The van der Waals surface area contributed by atoms with Crippen LogP contribution in [0.1, 0.15) is 66.5 Å². The molecule has 3 atom stereocenters. The van der Waals surface area contributed by atoms with Crippen LogP contribution in [0.4, 0.5) is 0 Å². The van der Waals surface area contributed by atoms with Crippen LogP contribution in [0.25, 0.3) is 11.1 Å². The second-order valence-corrected chi connectivity index (χ2v) is 6.32. The van der Waals surface area contributed by atoms with E-state index in [1.807, 2.05) is 36.4 Å². The van der Waals surface area contributed by atoms with Gasteiger partial charge in [-0.3, -0.25) is 0 Å². The summed E-state index contributed by atoms with van der Waals surface area (Å²) in [6, 6.07) is 17.5. The molecule has 0 spiro atoms. The number of nitriles is 1. The molecule has 0 radical (unpaired) electrons. The third-order valence-electron chi connectivity index (χ3n) is 4.65. The highest BCUT2D eigenvalue weighted by molar-refractivity contribution is 5.64. The standard InChI is InChI=1S/C22H25N/c1-2-3-17-4-8-19(9-5-17)21-12-14-22(15-13-21)20-10-6-18(16-23)7-11-20/h6-7,10-15,17,19H,2-5,8-9H2,1H3/t17-,19?/i8D,9D2/t8-,17-,19?/m1/s1. The number of nitrogens with zero attached hydrogens (tertiary/aromatic N) is 1. The van der Waals surface area contributed by atoms with E-state index in [4.69, 9.17) is 9.37 Å². The Balaban J connectivity index is 1.82. The normalized spacial score (nSPS) is 28.2. The number of hydrogen-bond acceptors (Lipinski definition) is 1. The van der Waals surface area contributed by atoms with Gasteiger partial charge in [0, 0.05) is 4.11 Å². The van der Waals surface area contributed by atoms with E-state index in [0.717, 1.165) is 36.0 Å². The smallest absolute Gasteiger partial charge is 0.0991 e. The van der Waals surface area contributed by atoms with Crippen molar-refractivity contribution >= 4 is 0 Å². The first-order chi connectivity index (χ1) is 12.4. The van der Waals surface area contributed by atoms with E-state index in [1.165, 1.54) is 0 Å². The van der Waals surface area contributed by atoms with Gasteiger partial charge < -0.3 is 0 Å². The highest BCUT2D eigenvalue weighted by Crippen LogP contribution is 2.37. The van der Waals surface area contributed by atoms with E-state index in [0.29, 0.717) is 17.9 Å². The Morgan fingerprint density at radius 1 is 1.04 bits per heavy atom. The van der Waals surface area contributed by atoms with Crippen molar-refractivity contribution in [3.05, 3.63) is 59.7 Å². The lowest BCUT2D eigenvalue weighted by Gasteiger charge is -2.28. The topological polar surface area (TPSA) is 23.8 Å². The van der Waals surface area contributed by atoms with Crippen LogP contribution < -0.4 is 0 Å². The molecule has 1 nitrogen and oxygen atoms in total. The maximum atomic E-state index is 8.90. The number of benzene rings is 2. The van der Waals surface area contributed by atoms with Gasteiger partial charge in [0.1, 0.15) is 0 Å². The monoisotopic (exact) mass is 306 g/mol. The zero-order chi connectivity index (χ0) is 18.7. The molecule has 1 aliphatic rings. The van der Waals surface area contributed by atoms with Gasteiger partial charge in [-0.15, -0.1) is 0 Å². The van der Waals surface area contributed by atoms with Crippen LogP contribution in [0, 0.1) is 17.2 Å². The Kier molecular flexibility index (Phi) is 4.01. The lowest BCUT2D eigenvalue weighted by Crippen LogP contribution is -2.13. The molecule has 1 unspecified atom stereocenters. The van der Waals surface area contributed by atoms with Crippen molar-refractivity contribution < 1.29 is 4.11 Å². The van der Waals surface area contributed by atoms with Gasteiger partial charge in [0.15, 0.2) is 0 Å². The lowest BCUT2D eigenvalue weighted by atomic mass is 9.77. The van der Waals surface area contributed by atoms with Crippen molar-refractivity contribution in [1.82, 2.24) is 0 Å². The first-order valence-electron chi connectivity index (χ1n) is 10.0. The van der Waals surface area contributed by atoms with Crippen molar-refractivity contribution in [3.63, 3.8) is 0 Å². The third kappa shape index (κ3) is 3.82. The first kappa shape index (κ1) is 12.4. The van der Waals surface area contributed by atoms with Gasteiger partial charge in [-0.25, -0.2) is 0 Å². The summed E-state index contributed by atoms with van der Waals surface area (Å²) >= 11 is 0. The molecule has 3 rings (SSSR count). The van der Waals surface area contributed by atoms with E-state index in [2.05, 4.69) is 13.0 Å². The minimum Gasteiger partial charge on any atom is -0.192 e. The van der Waals surface area contributed by atoms with Crippen LogP contribution in [-0.2, 0) is 0 Å². The van der Waals surface area contributed by atoms with Crippen molar-refractivity contribution in [3.8, 4) is 17.2 Å². The van der Waals surface area contributed by atoms with Gasteiger partial charge in [0.05, 0.1) is 11.6 Å². The van der Waals surface area contributed by atoms with Gasteiger partial charge in [-0.1, -0.05) is 56.2 Å². The van der Waals surface area contributed by atoms with Crippen molar-refractivity contribution in [1.29, 1.82) is 5.26 Å². The van der Waals surface area contributed by atoms with Gasteiger partial charge in [-0.05, 0) is 66.3 Å². The maximum Gasteiger partial charge on any atom is 0.0991 e. The van der Waals surface area contributed by atoms with Gasteiger partial charge in [0.25, 0.3) is 0 Å². The summed E-state index contributed by atoms with van der Waals surface area (Å²) in [6.45, 7) is 2.13. The molecule has 0 aromatic heterocycles. The molecule has 0 aliphatic heterocycles. The minimum absolute atomic E-state index is 0.326. The van der Waals surface area contributed by atoms with E-state index in [1.54, 1.807) is 12.1 Å². The third-order valence-corrected chi connectivity index (χ3v) is 4.65. The summed E-state index contributed by atoms with van der Waals surface area (Å²) in [5.74, 6) is -0.0442. The van der Waals surface area contributed by atoms with Crippen molar-refractivity contribution in [2.24, 2.45) is 5.92 Å². The van der Waals surface area contributed by atoms with Crippen LogP contribution in [-0.4, -0.2) is 0 Å². The second-order valence-electron chi connectivity index (χ2n) is 6.32. The summed E-state index contributed by atoms with van der Waals surface area (Å²) in [6.07, 6.45) is 1.68. The van der Waals surface area contributed by atoms with Crippen LogP contribution in [0.5, 0.6) is 0 Å².